The highest BCUT2D eigenvalue weighted by atomic mass is 32.1. The Morgan fingerprint density at radius 3 is 2.79 bits per heavy atom. The van der Waals surface area contributed by atoms with Crippen LogP contribution in [0, 0.1) is 4.77 Å². The highest BCUT2D eigenvalue weighted by Gasteiger charge is 2.07. The second-order valence-electron chi connectivity index (χ2n) is 6.02. The zero-order chi connectivity index (χ0) is 20.1. The summed E-state index contributed by atoms with van der Waals surface area (Å²) in [6.45, 7) is 0.195. The van der Waals surface area contributed by atoms with Crippen LogP contribution in [0.5, 0.6) is 11.5 Å². The summed E-state index contributed by atoms with van der Waals surface area (Å²) in [5.74, 6) is 1.93. The lowest BCUT2D eigenvalue weighted by Gasteiger charge is -2.07. The molecule has 0 saturated carbocycles. The van der Waals surface area contributed by atoms with Gasteiger partial charge in [0.1, 0.15) is 18.1 Å². The van der Waals surface area contributed by atoms with Crippen molar-refractivity contribution in [2.75, 3.05) is 7.11 Å². The van der Waals surface area contributed by atoms with Crippen LogP contribution in [-0.2, 0) is 6.61 Å². The van der Waals surface area contributed by atoms with E-state index in [-0.39, 0.29) is 6.61 Å². The number of ether oxygens (including phenoxy) is 2. The first-order chi connectivity index (χ1) is 14.2. The fourth-order valence-corrected chi connectivity index (χ4v) is 2.82. The predicted octanol–water partition coefficient (Wildman–Crippen LogP) is 3.60. The van der Waals surface area contributed by atoms with E-state index in [1.54, 1.807) is 30.3 Å². The molecule has 9 heteroatoms. The van der Waals surface area contributed by atoms with Crippen molar-refractivity contribution in [3.63, 3.8) is 0 Å². The normalized spacial score (nSPS) is 11.1. The number of nitrogens with one attached hydrogen (secondary N) is 1. The predicted molar refractivity (Wildman–Crippen MR) is 111 cm³/mol. The van der Waals surface area contributed by atoms with Crippen molar-refractivity contribution in [1.82, 2.24) is 24.7 Å². The van der Waals surface area contributed by atoms with Crippen LogP contribution >= 0.6 is 12.2 Å². The number of aromatic nitrogens is 5. The Morgan fingerprint density at radius 1 is 1.14 bits per heavy atom. The van der Waals surface area contributed by atoms with E-state index in [1.165, 1.54) is 4.68 Å². The summed E-state index contributed by atoms with van der Waals surface area (Å²) in [7, 11) is 1.61. The molecule has 0 aliphatic heterocycles. The summed E-state index contributed by atoms with van der Waals surface area (Å²) in [5, 5.41) is 15.7. The van der Waals surface area contributed by atoms with Crippen LogP contribution in [0.1, 0.15) is 11.4 Å². The average molecular weight is 406 g/mol. The third-order valence-corrected chi connectivity index (χ3v) is 4.34. The number of nitrogens with zero attached hydrogens (tertiary/aromatic N) is 5. The van der Waals surface area contributed by atoms with Gasteiger partial charge in [0.25, 0.3) is 0 Å². The summed E-state index contributed by atoms with van der Waals surface area (Å²) < 4.78 is 14.7. The fraction of sp³-hybridized carbons (Fsp3) is 0.100. The summed E-state index contributed by atoms with van der Waals surface area (Å²) in [6, 6.07) is 17.2. The quantitative estimate of drug-likeness (QED) is 0.375. The molecule has 29 heavy (non-hydrogen) atoms. The molecule has 0 aliphatic rings. The third-order valence-electron chi connectivity index (χ3n) is 4.07. The Bertz CT molecular complexity index is 1180. The number of aromatic amines is 1. The van der Waals surface area contributed by atoms with Crippen molar-refractivity contribution in [2.24, 2.45) is 5.10 Å². The van der Waals surface area contributed by atoms with Gasteiger partial charge in [-0.05, 0) is 36.5 Å². The van der Waals surface area contributed by atoms with E-state index in [4.69, 9.17) is 21.7 Å². The molecule has 0 aliphatic carbocycles. The number of methoxy groups -OCH3 is 1. The Balaban J connectivity index is 1.49. The van der Waals surface area contributed by atoms with Gasteiger partial charge in [0.2, 0.25) is 4.77 Å². The number of rotatable bonds is 7. The number of benzene rings is 2. The minimum absolute atomic E-state index is 0.195. The van der Waals surface area contributed by atoms with Gasteiger partial charge in [-0.1, -0.05) is 24.3 Å². The van der Waals surface area contributed by atoms with Crippen LogP contribution in [0.4, 0.5) is 0 Å². The number of hydrogen-bond acceptors (Lipinski definition) is 6. The van der Waals surface area contributed by atoms with Crippen LogP contribution in [0.15, 0.2) is 72.1 Å². The van der Waals surface area contributed by atoms with Crippen molar-refractivity contribution in [3.8, 4) is 17.2 Å². The first-order valence-corrected chi connectivity index (χ1v) is 9.21. The molecule has 0 amide bonds. The summed E-state index contributed by atoms with van der Waals surface area (Å²) >= 11 is 5.28. The molecule has 4 aromatic rings. The molecule has 0 spiro atoms. The molecule has 1 N–H and O–H groups in total. The summed E-state index contributed by atoms with van der Waals surface area (Å²) in [6.07, 6.45) is 5.29. The molecule has 2 heterocycles. The highest BCUT2D eigenvalue weighted by molar-refractivity contribution is 7.71. The van der Waals surface area contributed by atoms with E-state index < -0.39 is 0 Å². The second-order valence-corrected chi connectivity index (χ2v) is 6.41. The van der Waals surface area contributed by atoms with Crippen LogP contribution in [-0.4, -0.2) is 38.0 Å². The fourth-order valence-electron chi connectivity index (χ4n) is 2.63. The van der Waals surface area contributed by atoms with Crippen molar-refractivity contribution in [3.05, 3.63) is 83.1 Å². The Morgan fingerprint density at radius 2 is 1.97 bits per heavy atom. The Kier molecular flexibility index (Phi) is 5.48. The smallest absolute Gasteiger partial charge is 0.216 e. The zero-order valence-corrected chi connectivity index (χ0v) is 16.4. The first-order valence-electron chi connectivity index (χ1n) is 8.80. The van der Waals surface area contributed by atoms with Crippen LogP contribution < -0.4 is 9.47 Å². The topological polar surface area (TPSA) is 82.2 Å². The van der Waals surface area contributed by atoms with E-state index in [0.29, 0.717) is 16.3 Å². The van der Waals surface area contributed by atoms with Crippen molar-refractivity contribution in [2.45, 2.75) is 6.61 Å². The molecule has 4 rings (SSSR count). The van der Waals surface area contributed by atoms with Crippen molar-refractivity contribution >= 4 is 18.4 Å². The SMILES string of the molecule is COc1cccc(OCc2n[nH]c(=S)n2/N=C\c2cnn(-c3ccccc3)c2)c1. The number of para-hydroxylation sites is 1. The van der Waals surface area contributed by atoms with Gasteiger partial charge >= 0.3 is 0 Å². The molecule has 2 aromatic heterocycles. The van der Waals surface area contributed by atoms with Gasteiger partial charge in [0.15, 0.2) is 5.82 Å². The van der Waals surface area contributed by atoms with Crippen LogP contribution in [0.2, 0.25) is 0 Å². The molecular weight excluding hydrogens is 388 g/mol. The third kappa shape index (κ3) is 4.41. The number of H-pyrrole nitrogens is 1. The largest absolute Gasteiger partial charge is 0.497 e. The molecular formula is C20H18N6O2S. The molecule has 0 unspecified atom stereocenters. The van der Waals surface area contributed by atoms with E-state index >= 15 is 0 Å². The Labute approximate surface area is 172 Å². The van der Waals surface area contributed by atoms with Crippen LogP contribution in [0.3, 0.4) is 0 Å². The maximum atomic E-state index is 5.78. The van der Waals surface area contributed by atoms with E-state index in [0.717, 1.165) is 17.0 Å². The molecule has 0 atom stereocenters. The minimum atomic E-state index is 0.195. The van der Waals surface area contributed by atoms with Crippen LogP contribution in [0.25, 0.3) is 5.69 Å². The lowest BCUT2D eigenvalue weighted by atomic mass is 10.3. The van der Waals surface area contributed by atoms with Gasteiger partial charge in [-0.15, -0.1) is 0 Å². The molecule has 0 fully saturated rings. The first kappa shape index (κ1) is 18.6. The lowest BCUT2D eigenvalue weighted by Crippen LogP contribution is -2.04. The van der Waals surface area contributed by atoms with Crippen molar-refractivity contribution < 1.29 is 9.47 Å². The maximum Gasteiger partial charge on any atom is 0.216 e. The molecule has 0 saturated heterocycles. The van der Waals surface area contributed by atoms with Gasteiger partial charge < -0.3 is 9.47 Å². The molecule has 0 bridgehead atoms. The molecule has 146 valence electrons. The van der Waals surface area contributed by atoms with Gasteiger partial charge in [-0.3, -0.25) is 0 Å². The van der Waals surface area contributed by atoms with E-state index in [2.05, 4.69) is 20.4 Å². The van der Waals surface area contributed by atoms with Gasteiger partial charge in [-0.25, -0.2) is 9.78 Å². The van der Waals surface area contributed by atoms with Gasteiger partial charge in [-0.2, -0.15) is 20.0 Å². The average Bonchev–Trinajstić information content (AvgIpc) is 3.38. The summed E-state index contributed by atoms with van der Waals surface area (Å²) in [4.78, 5) is 0. The molecule has 8 nitrogen and oxygen atoms in total. The molecule has 2 aromatic carbocycles. The van der Waals surface area contributed by atoms with Crippen molar-refractivity contribution in [1.29, 1.82) is 0 Å². The standard InChI is InChI=1S/C20H18N6O2S/c1-27-17-8-5-9-18(10-17)28-14-19-23-24-20(29)26(19)22-12-15-11-21-25(13-15)16-6-3-2-4-7-16/h2-13H,14H2,1H3,(H,24,29)/b22-12-. The zero-order valence-electron chi connectivity index (χ0n) is 15.6. The maximum absolute atomic E-state index is 5.78. The second kappa shape index (κ2) is 8.53. The van der Waals surface area contributed by atoms with E-state index in [9.17, 15) is 0 Å². The lowest BCUT2D eigenvalue weighted by molar-refractivity contribution is 0.288. The highest BCUT2D eigenvalue weighted by Crippen LogP contribution is 2.19. The minimum Gasteiger partial charge on any atom is -0.497 e. The Hall–Kier alpha value is -3.72. The van der Waals surface area contributed by atoms with E-state index in [1.807, 2.05) is 54.7 Å². The number of hydrogen-bond donors (Lipinski definition) is 1. The van der Waals surface area contributed by atoms with Gasteiger partial charge in [0, 0.05) is 17.8 Å². The molecule has 0 radical (unpaired) electrons. The monoisotopic (exact) mass is 406 g/mol. The summed E-state index contributed by atoms with van der Waals surface area (Å²) in [5.41, 5.74) is 1.80. The van der Waals surface area contributed by atoms with Gasteiger partial charge in [0.05, 0.1) is 25.2 Å².